The van der Waals surface area contributed by atoms with Gasteiger partial charge in [-0.3, -0.25) is 0 Å². The molecule has 1 unspecified atom stereocenters. The van der Waals surface area contributed by atoms with Crippen LogP contribution in [0.3, 0.4) is 0 Å². The molecule has 21 heavy (non-hydrogen) atoms. The van der Waals surface area contributed by atoms with Crippen molar-refractivity contribution in [1.82, 2.24) is 5.32 Å². The van der Waals surface area contributed by atoms with Crippen molar-refractivity contribution in [3.8, 4) is 0 Å². The van der Waals surface area contributed by atoms with Gasteiger partial charge < -0.3 is 10.4 Å². The lowest BCUT2D eigenvalue weighted by Crippen LogP contribution is -2.49. The van der Waals surface area contributed by atoms with Gasteiger partial charge in [-0.2, -0.15) is 0 Å². The minimum absolute atomic E-state index is 0.204. The molecule has 1 aromatic rings. The number of alkyl halides is 1. The maximum atomic E-state index is 14.8. The molecule has 0 radical (unpaired) electrons. The van der Waals surface area contributed by atoms with E-state index >= 15 is 0 Å². The third-order valence-electron chi connectivity index (χ3n) is 3.49. The molecule has 2 rings (SSSR count). The minimum atomic E-state index is -2.49. The molecule has 1 aliphatic rings. The van der Waals surface area contributed by atoms with Gasteiger partial charge in [-0.25, -0.2) is 9.18 Å². The van der Waals surface area contributed by atoms with Crippen molar-refractivity contribution >= 4 is 5.97 Å². The lowest BCUT2D eigenvalue weighted by Gasteiger charge is -2.25. The Bertz CT molecular complexity index is 539. The predicted molar refractivity (Wildman–Crippen MR) is 80.4 cm³/mol. The van der Waals surface area contributed by atoms with E-state index in [4.69, 9.17) is 0 Å². The maximum Gasteiger partial charge on any atom is 0.362 e. The number of benzene rings is 1. The number of aliphatic carboxylic acids is 1. The van der Waals surface area contributed by atoms with Gasteiger partial charge in [0.2, 0.25) is 0 Å². The Labute approximate surface area is 124 Å². The van der Waals surface area contributed by atoms with E-state index in [2.05, 4.69) is 5.32 Å². The molecule has 2 N–H and O–H groups in total. The highest BCUT2D eigenvalue weighted by molar-refractivity contribution is 5.77. The quantitative estimate of drug-likeness (QED) is 0.815. The van der Waals surface area contributed by atoms with Crippen molar-refractivity contribution in [3.05, 3.63) is 59.8 Å². The van der Waals surface area contributed by atoms with E-state index in [0.29, 0.717) is 17.7 Å². The number of halogens is 1. The Hall–Kier alpha value is -2.10. The first-order valence-corrected chi connectivity index (χ1v) is 7.20. The minimum Gasteiger partial charge on any atom is -0.477 e. The molecular weight excluding hydrogens is 269 g/mol. The summed E-state index contributed by atoms with van der Waals surface area (Å²) in [6, 6.07) is 8.82. The van der Waals surface area contributed by atoms with Crippen molar-refractivity contribution in [2.45, 2.75) is 37.9 Å². The Morgan fingerprint density at radius 1 is 1.29 bits per heavy atom. The van der Waals surface area contributed by atoms with E-state index in [1.807, 2.05) is 18.2 Å². The molecule has 0 saturated heterocycles. The van der Waals surface area contributed by atoms with Crippen LogP contribution < -0.4 is 5.32 Å². The van der Waals surface area contributed by atoms with Crippen molar-refractivity contribution in [2.24, 2.45) is 0 Å². The SMILES string of the molecule is O=C(O)C(F)(Cc1ccccc1)NC1=CC=CCCCC1. The van der Waals surface area contributed by atoms with Crippen LogP contribution in [0.15, 0.2) is 54.3 Å². The first-order valence-electron chi connectivity index (χ1n) is 7.20. The molecule has 4 heteroatoms. The summed E-state index contributed by atoms with van der Waals surface area (Å²) >= 11 is 0. The number of hydrogen-bond acceptors (Lipinski definition) is 2. The largest absolute Gasteiger partial charge is 0.477 e. The molecule has 0 amide bonds. The fourth-order valence-corrected chi connectivity index (χ4v) is 2.35. The lowest BCUT2D eigenvalue weighted by atomic mass is 10.0. The van der Waals surface area contributed by atoms with Crippen LogP contribution in [0.2, 0.25) is 0 Å². The fourth-order valence-electron chi connectivity index (χ4n) is 2.35. The molecule has 0 aliphatic heterocycles. The number of hydrogen-bond donors (Lipinski definition) is 2. The zero-order valence-corrected chi connectivity index (χ0v) is 11.9. The van der Waals surface area contributed by atoms with Crippen LogP contribution in [0.5, 0.6) is 0 Å². The second kappa shape index (κ2) is 7.07. The normalized spacial score (nSPS) is 18.0. The first kappa shape index (κ1) is 15.3. The van der Waals surface area contributed by atoms with Crippen molar-refractivity contribution in [2.75, 3.05) is 0 Å². The third kappa shape index (κ3) is 4.45. The maximum absolute atomic E-state index is 14.8. The second-order valence-corrected chi connectivity index (χ2v) is 5.26. The Kier molecular flexibility index (Phi) is 5.14. The summed E-state index contributed by atoms with van der Waals surface area (Å²) in [5, 5.41) is 11.9. The molecule has 0 fully saturated rings. The van der Waals surface area contributed by atoms with Gasteiger partial charge in [0.25, 0.3) is 5.79 Å². The summed E-state index contributed by atoms with van der Waals surface area (Å²) in [7, 11) is 0. The van der Waals surface area contributed by atoms with Crippen LogP contribution in [0.4, 0.5) is 4.39 Å². The van der Waals surface area contributed by atoms with Gasteiger partial charge in [-0.1, -0.05) is 42.5 Å². The molecule has 0 bridgehead atoms. The van der Waals surface area contributed by atoms with E-state index in [0.717, 1.165) is 19.3 Å². The van der Waals surface area contributed by atoms with Gasteiger partial charge in [-0.15, -0.1) is 0 Å². The Morgan fingerprint density at radius 3 is 2.76 bits per heavy atom. The summed E-state index contributed by atoms with van der Waals surface area (Å²) in [6.07, 6.45) is 9.05. The molecule has 1 atom stereocenters. The van der Waals surface area contributed by atoms with Gasteiger partial charge in [0.1, 0.15) is 0 Å². The topological polar surface area (TPSA) is 49.3 Å². The molecule has 3 nitrogen and oxygen atoms in total. The molecule has 0 spiro atoms. The van der Waals surface area contributed by atoms with Crippen LogP contribution in [-0.4, -0.2) is 16.9 Å². The number of nitrogens with one attached hydrogen (secondary N) is 1. The number of rotatable bonds is 5. The molecule has 0 heterocycles. The summed E-state index contributed by atoms with van der Waals surface area (Å²) in [6.45, 7) is 0. The molecule has 1 aromatic carbocycles. The highest BCUT2D eigenvalue weighted by Crippen LogP contribution is 2.20. The highest BCUT2D eigenvalue weighted by atomic mass is 19.1. The summed E-state index contributed by atoms with van der Waals surface area (Å²) < 4.78 is 14.8. The summed E-state index contributed by atoms with van der Waals surface area (Å²) in [4.78, 5) is 11.4. The average molecular weight is 289 g/mol. The number of carboxylic acids is 1. The van der Waals surface area contributed by atoms with E-state index in [-0.39, 0.29) is 6.42 Å². The van der Waals surface area contributed by atoms with E-state index in [1.165, 1.54) is 0 Å². The lowest BCUT2D eigenvalue weighted by molar-refractivity contribution is -0.152. The van der Waals surface area contributed by atoms with E-state index < -0.39 is 11.8 Å². The van der Waals surface area contributed by atoms with Crippen LogP contribution in [0.1, 0.15) is 31.2 Å². The third-order valence-corrected chi connectivity index (χ3v) is 3.49. The smallest absolute Gasteiger partial charge is 0.362 e. The standard InChI is InChI=1S/C17H20FNO2/c18-17(16(20)21,13-14-9-5-4-6-10-14)19-15-11-7-2-1-3-8-12-15/h2,4-7,9-11,19H,1,3,8,12-13H2,(H,20,21). The van der Waals surface area contributed by atoms with Crippen LogP contribution in [-0.2, 0) is 11.2 Å². The van der Waals surface area contributed by atoms with Crippen molar-refractivity contribution < 1.29 is 14.3 Å². The number of carboxylic acid groups (broad SMARTS) is 1. The van der Waals surface area contributed by atoms with Crippen molar-refractivity contribution in [1.29, 1.82) is 0 Å². The summed E-state index contributed by atoms with van der Waals surface area (Å²) in [5.41, 5.74) is 1.28. The van der Waals surface area contributed by atoms with Crippen LogP contribution in [0.25, 0.3) is 0 Å². The predicted octanol–water partition coefficient (Wildman–Crippen LogP) is 3.58. The average Bonchev–Trinajstić information content (AvgIpc) is 2.42. The second-order valence-electron chi connectivity index (χ2n) is 5.26. The van der Waals surface area contributed by atoms with Gasteiger partial charge >= 0.3 is 5.97 Å². The van der Waals surface area contributed by atoms with Crippen LogP contribution in [0, 0.1) is 0 Å². The summed E-state index contributed by atoms with van der Waals surface area (Å²) in [5.74, 6) is -3.97. The van der Waals surface area contributed by atoms with Crippen LogP contribution >= 0.6 is 0 Å². The molecule has 112 valence electrons. The molecular formula is C17H20FNO2. The zero-order chi connectivity index (χ0) is 15.1. The zero-order valence-electron chi connectivity index (χ0n) is 11.9. The first-order chi connectivity index (χ1) is 10.1. The van der Waals surface area contributed by atoms with Gasteiger partial charge in [0.15, 0.2) is 0 Å². The number of carbonyl (C=O) groups is 1. The highest BCUT2D eigenvalue weighted by Gasteiger charge is 2.39. The molecule has 0 saturated carbocycles. The molecule has 0 aromatic heterocycles. The van der Waals surface area contributed by atoms with Gasteiger partial charge in [0, 0.05) is 12.1 Å². The number of allylic oxidation sites excluding steroid dienone is 4. The Balaban J connectivity index is 2.15. The Morgan fingerprint density at radius 2 is 2.05 bits per heavy atom. The molecule has 1 aliphatic carbocycles. The monoisotopic (exact) mass is 289 g/mol. The van der Waals surface area contributed by atoms with E-state index in [9.17, 15) is 14.3 Å². The van der Waals surface area contributed by atoms with Gasteiger partial charge in [0.05, 0.1) is 0 Å². The van der Waals surface area contributed by atoms with E-state index in [1.54, 1.807) is 30.3 Å². The fraction of sp³-hybridized carbons (Fsp3) is 0.353. The van der Waals surface area contributed by atoms with Crippen molar-refractivity contribution in [3.63, 3.8) is 0 Å². The van der Waals surface area contributed by atoms with Gasteiger partial charge in [-0.05, 0) is 37.3 Å².